The van der Waals surface area contributed by atoms with Crippen molar-refractivity contribution in [2.24, 2.45) is 5.73 Å². The molecule has 1 unspecified atom stereocenters. The molecule has 23 heavy (non-hydrogen) atoms. The van der Waals surface area contributed by atoms with Crippen molar-refractivity contribution < 1.29 is 4.79 Å². The monoisotopic (exact) mass is 377 g/mol. The zero-order chi connectivity index (χ0) is 15.1. The molecule has 128 valence electrons. The lowest BCUT2D eigenvalue weighted by atomic mass is 10.1. The SMILES string of the molecule is CCCCC(CN)NC(=O)c1cnc(-c2ncccn2)s1.Cl.Cl. The molecule has 2 heterocycles. The van der Waals surface area contributed by atoms with Crippen molar-refractivity contribution in [2.75, 3.05) is 6.54 Å². The van der Waals surface area contributed by atoms with Gasteiger partial charge in [0.2, 0.25) is 0 Å². The van der Waals surface area contributed by atoms with E-state index < -0.39 is 0 Å². The van der Waals surface area contributed by atoms with Crippen LogP contribution in [0.5, 0.6) is 0 Å². The van der Waals surface area contributed by atoms with E-state index in [1.807, 2.05) is 0 Å². The van der Waals surface area contributed by atoms with Crippen molar-refractivity contribution in [1.29, 1.82) is 0 Å². The number of hydrogen-bond acceptors (Lipinski definition) is 6. The van der Waals surface area contributed by atoms with Gasteiger partial charge in [0.1, 0.15) is 4.88 Å². The predicted octanol–water partition coefficient (Wildman–Crippen LogP) is 2.69. The van der Waals surface area contributed by atoms with Crippen LogP contribution in [0.15, 0.2) is 24.7 Å². The van der Waals surface area contributed by atoms with Gasteiger partial charge in [-0.3, -0.25) is 4.79 Å². The number of carbonyl (C=O) groups excluding carboxylic acids is 1. The molecule has 3 N–H and O–H groups in total. The number of nitrogens with zero attached hydrogens (tertiary/aromatic N) is 3. The molecule has 0 bridgehead atoms. The van der Waals surface area contributed by atoms with Crippen LogP contribution in [0, 0.1) is 0 Å². The Kier molecular flexibility index (Phi) is 10.7. The summed E-state index contributed by atoms with van der Waals surface area (Å²) in [5.74, 6) is 0.393. The van der Waals surface area contributed by atoms with E-state index >= 15 is 0 Å². The van der Waals surface area contributed by atoms with Crippen molar-refractivity contribution in [3.05, 3.63) is 29.5 Å². The molecule has 2 rings (SSSR count). The Balaban J connectivity index is 0.00000242. The Morgan fingerprint density at radius 3 is 2.61 bits per heavy atom. The molecule has 0 saturated carbocycles. The Bertz CT molecular complexity index is 582. The second-order valence-electron chi connectivity index (χ2n) is 4.65. The lowest BCUT2D eigenvalue weighted by molar-refractivity contribution is 0.0939. The number of amides is 1. The zero-order valence-corrected chi connectivity index (χ0v) is 15.2. The van der Waals surface area contributed by atoms with Crippen LogP contribution < -0.4 is 11.1 Å². The van der Waals surface area contributed by atoms with Crippen LogP contribution in [0.1, 0.15) is 35.9 Å². The highest BCUT2D eigenvalue weighted by atomic mass is 35.5. The third-order valence-corrected chi connectivity index (χ3v) is 4.00. The maximum Gasteiger partial charge on any atom is 0.263 e. The van der Waals surface area contributed by atoms with Gasteiger partial charge in [0.05, 0.1) is 6.20 Å². The van der Waals surface area contributed by atoms with Gasteiger partial charge >= 0.3 is 0 Å². The van der Waals surface area contributed by atoms with Gasteiger partial charge in [-0.25, -0.2) is 15.0 Å². The topological polar surface area (TPSA) is 93.8 Å². The first-order valence-corrected chi connectivity index (χ1v) is 7.80. The van der Waals surface area contributed by atoms with E-state index in [-0.39, 0.29) is 36.8 Å². The zero-order valence-electron chi connectivity index (χ0n) is 12.8. The molecule has 2 aromatic heterocycles. The number of halogens is 2. The standard InChI is InChI=1S/C14H19N5OS.2ClH/c1-2-3-5-10(8-15)19-13(20)11-9-18-14(21-11)12-16-6-4-7-17-12;;/h4,6-7,9-10H,2-3,5,8,15H2,1H3,(H,19,20);2*1H. The quantitative estimate of drug-likeness (QED) is 0.773. The van der Waals surface area contributed by atoms with Crippen molar-refractivity contribution >= 4 is 42.1 Å². The lowest BCUT2D eigenvalue weighted by Gasteiger charge is -2.15. The van der Waals surface area contributed by atoms with E-state index in [9.17, 15) is 4.79 Å². The summed E-state index contributed by atoms with van der Waals surface area (Å²) in [4.78, 5) is 25.2. The highest BCUT2D eigenvalue weighted by Crippen LogP contribution is 2.21. The van der Waals surface area contributed by atoms with Crippen LogP contribution in [-0.2, 0) is 0 Å². The highest BCUT2D eigenvalue weighted by molar-refractivity contribution is 7.16. The van der Waals surface area contributed by atoms with Crippen molar-refractivity contribution in [3.8, 4) is 10.8 Å². The van der Waals surface area contributed by atoms with Crippen molar-refractivity contribution in [2.45, 2.75) is 32.2 Å². The molecule has 0 spiro atoms. The largest absolute Gasteiger partial charge is 0.347 e. The Morgan fingerprint density at radius 1 is 1.30 bits per heavy atom. The van der Waals surface area contributed by atoms with Gasteiger partial charge in [-0.1, -0.05) is 19.8 Å². The molecule has 0 radical (unpaired) electrons. The smallest absolute Gasteiger partial charge is 0.263 e. The summed E-state index contributed by atoms with van der Waals surface area (Å²) in [7, 11) is 0. The first kappa shape index (κ1) is 21.7. The number of hydrogen-bond donors (Lipinski definition) is 2. The van der Waals surface area contributed by atoms with Gasteiger partial charge in [-0.05, 0) is 12.5 Å². The van der Waals surface area contributed by atoms with Crippen LogP contribution in [0.25, 0.3) is 10.8 Å². The van der Waals surface area contributed by atoms with Crippen molar-refractivity contribution in [3.63, 3.8) is 0 Å². The van der Waals surface area contributed by atoms with E-state index in [1.165, 1.54) is 11.3 Å². The minimum atomic E-state index is -0.138. The molecule has 6 nitrogen and oxygen atoms in total. The summed E-state index contributed by atoms with van der Waals surface area (Å²) in [5.41, 5.74) is 5.69. The molecule has 2 aromatic rings. The van der Waals surface area contributed by atoms with Gasteiger partial charge in [0, 0.05) is 25.0 Å². The minimum Gasteiger partial charge on any atom is -0.347 e. The van der Waals surface area contributed by atoms with Gasteiger partial charge in [-0.15, -0.1) is 36.2 Å². The number of rotatable bonds is 7. The maximum absolute atomic E-state index is 12.2. The Morgan fingerprint density at radius 2 is 2.00 bits per heavy atom. The van der Waals surface area contributed by atoms with Crippen LogP contribution in [0.2, 0.25) is 0 Å². The third-order valence-electron chi connectivity index (χ3n) is 3.01. The molecule has 0 saturated heterocycles. The van der Waals surface area contributed by atoms with E-state index in [0.29, 0.717) is 22.3 Å². The van der Waals surface area contributed by atoms with Crippen molar-refractivity contribution in [1.82, 2.24) is 20.3 Å². The number of thiazole rings is 1. The van der Waals surface area contributed by atoms with E-state index in [1.54, 1.807) is 24.7 Å². The fourth-order valence-corrected chi connectivity index (χ4v) is 2.62. The molecule has 0 aromatic carbocycles. The average molecular weight is 378 g/mol. The number of unbranched alkanes of at least 4 members (excludes halogenated alkanes) is 1. The summed E-state index contributed by atoms with van der Waals surface area (Å²) >= 11 is 1.28. The normalized spacial score (nSPS) is 11.0. The maximum atomic E-state index is 12.2. The lowest BCUT2D eigenvalue weighted by Crippen LogP contribution is -2.39. The summed E-state index contributed by atoms with van der Waals surface area (Å²) in [5, 5.41) is 3.59. The van der Waals surface area contributed by atoms with Crippen LogP contribution >= 0.6 is 36.2 Å². The highest BCUT2D eigenvalue weighted by Gasteiger charge is 2.16. The summed E-state index contributed by atoms with van der Waals surface area (Å²) in [6.07, 6.45) is 7.89. The number of aromatic nitrogens is 3. The van der Waals surface area contributed by atoms with E-state index in [4.69, 9.17) is 5.73 Å². The van der Waals surface area contributed by atoms with Crippen LogP contribution in [-0.4, -0.2) is 33.4 Å². The molecule has 9 heteroatoms. The Hall–Kier alpha value is -1.28. The Labute approximate surface area is 152 Å². The predicted molar refractivity (Wildman–Crippen MR) is 97.5 cm³/mol. The first-order chi connectivity index (χ1) is 10.2. The molecular weight excluding hydrogens is 357 g/mol. The van der Waals surface area contributed by atoms with Gasteiger partial charge in [0.15, 0.2) is 10.8 Å². The van der Waals surface area contributed by atoms with E-state index in [0.717, 1.165) is 19.3 Å². The first-order valence-electron chi connectivity index (χ1n) is 6.98. The minimum absolute atomic E-state index is 0. The van der Waals surface area contributed by atoms with Gasteiger partial charge < -0.3 is 11.1 Å². The number of nitrogens with two attached hydrogens (primary N) is 1. The summed E-state index contributed by atoms with van der Waals surface area (Å²) < 4.78 is 0. The summed E-state index contributed by atoms with van der Waals surface area (Å²) in [6, 6.07) is 1.75. The molecule has 0 aliphatic heterocycles. The molecule has 0 aliphatic carbocycles. The molecular formula is C14H21Cl2N5OS. The fraction of sp³-hybridized carbons (Fsp3) is 0.429. The molecule has 0 fully saturated rings. The molecule has 0 aliphatic rings. The van der Waals surface area contributed by atoms with Gasteiger partial charge in [0.25, 0.3) is 5.91 Å². The third kappa shape index (κ3) is 6.39. The number of nitrogens with one attached hydrogen (secondary N) is 1. The second-order valence-corrected chi connectivity index (χ2v) is 5.68. The average Bonchev–Trinajstić information content (AvgIpc) is 3.02. The summed E-state index contributed by atoms with van der Waals surface area (Å²) in [6.45, 7) is 2.56. The van der Waals surface area contributed by atoms with E-state index in [2.05, 4.69) is 27.2 Å². The number of carbonyl (C=O) groups is 1. The van der Waals surface area contributed by atoms with Crippen LogP contribution in [0.4, 0.5) is 0 Å². The van der Waals surface area contributed by atoms with Gasteiger partial charge in [-0.2, -0.15) is 0 Å². The molecule has 1 amide bonds. The molecule has 1 atom stereocenters. The van der Waals surface area contributed by atoms with Crippen LogP contribution in [0.3, 0.4) is 0 Å². The second kappa shape index (κ2) is 11.3. The fourth-order valence-electron chi connectivity index (χ4n) is 1.85.